The van der Waals surface area contributed by atoms with Gasteiger partial charge in [0.25, 0.3) is 0 Å². The standard InChI is InChI=1S/C19H18N2O/c1-14-16-9-5-6-10-17(16)21-18(22)13-20(19(14)21)12-11-15-7-3-2-4-8-15/h2-10,19H,1,11-13H2. The summed E-state index contributed by atoms with van der Waals surface area (Å²) in [4.78, 5) is 16.6. The fourth-order valence-corrected chi connectivity index (χ4v) is 3.49. The molecule has 2 heterocycles. The Morgan fingerprint density at radius 1 is 1.05 bits per heavy atom. The molecule has 2 aliphatic rings. The molecular weight excluding hydrogens is 272 g/mol. The van der Waals surface area contributed by atoms with Crippen LogP contribution in [0.5, 0.6) is 0 Å². The van der Waals surface area contributed by atoms with Crippen molar-refractivity contribution in [3.05, 3.63) is 72.3 Å². The topological polar surface area (TPSA) is 23.6 Å². The summed E-state index contributed by atoms with van der Waals surface area (Å²) in [5, 5.41) is 0. The van der Waals surface area contributed by atoms with Gasteiger partial charge in [-0.1, -0.05) is 55.1 Å². The molecule has 2 aromatic rings. The monoisotopic (exact) mass is 290 g/mol. The molecule has 0 radical (unpaired) electrons. The van der Waals surface area contributed by atoms with Crippen molar-refractivity contribution in [3.8, 4) is 0 Å². The van der Waals surface area contributed by atoms with Crippen molar-refractivity contribution >= 4 is 17.2 Å². The van der Waals surface area contributed by atoms with Gasteiger partial charge < -0.3 is 0 Å². The summed E-state index contributed by atoms with van der Waals surface area (Å²) in [5.74, 6) is 0.171. The predicted octanol–water partition coefficient (Wildman–Crippen LogP) is 2.93. The largest absolute Gasteiger partial charge is 0.290 e. The first-order chi connectivity index (χ1) is 10.8. The SMILES string of the molecule is C=C1c2ccccc2N2C(=O)CN(CCc3ccccc3)C12. The molecule has 0 spiro atoms. The highest BCUT2D eigenvalue weighted by Gasteiger charge is 2.45. The quantitative estimate of drug-likeness (QED) is 0.867. The van der Waals surface area contributed by atoms with Crippen molar-refractivity contribution in [1.29, 1.82) is 0 Å². The Hall–Kier alpha value is -2.39. The number of rotatable bonds is 3. The molecule has 0 aliphatic carbocycles. The lowest BCUT2D eigenvalue weighted by Crippen LogP contribution is -2.37. The lowest BCUT2D eigenvalue weighted by Gasteiger charge is -2.24. The molecule has 3 nitrogen and oxygen atoms in total. The second-order valence-corrected chi connectivity index (χ2v) is 5.89. The highest BCUT2D eigenvalue weighted by Crippen LogP contribution is 2.43. The maximum Gasteiger partial charge on any atom is 0.242 e. The number of benzene rings is 2. The molecule has 0 bridgehead atoms. The number of carbonyl (C=O) groups excluding carboxylic acids is 1. The van der Waals surface area contributed by atoms with E-state index in [1.54, 1.807) is 0 Å². The molecule has 1 fully saturated rings. The van der Waals surface area contributed by atoms with E-state index >= 15 is 0 Å². The third kappa shape index (κ3) is 1.97. The number of amides is 1. The number of fused-ring (bicyclic) bond motifs is 3. The Kier molecular flexibility index (Phi) is 3.09. The second-order valence-electron chi connectivity index (χ2n) is 5.89. The number of hydrogen-bond acceptors (Lipinski definition) is 2. The van der Waals surface area contributed by atoms with Crippen LogP contribution in [0.3, 0.4) is 0 Å². The Morgan fingerprint density at radius 3 is 2.59 bits per heavy atom. The smallest absolute Gasteiger partial charge is 0.242 e. The van der Waals surface area contributed by atoms with Gasteiger partial charge in [0.2, 0.25) is 5.91 Å². The highest BCUT2D eigenvalue weighted by molar-refractivity contribution is 6.07. The van der Waals surface area contributed by atoms with Gasteiger partial charge in [0.05, 0.1) is 12.2 Å². The van der Waals surface area contributed by atoms with E-state index in [-0.39, 0.29) is 12.1 Å². The fraction of sp³-hybridized carbons (Fsp3) is 0.211. The van der Waals surface area contributed by atoms with Crippen LogP contribution in [0.4, 0.5) is 5.69 Å². The first kappa shape index (κ1) is 13.3. The molecule has 1 amide bonds. The molecule has 0 saturated carbocycles. The van der Waals surface area contributed by atoms with Crippen molar-refractivity contribution in [2.75, 3.05) is 18.0 Å². The zero-order valence-corrected chi connectivity index (χ0v) is 12.4. The van der Waals surface area contributed by atoms with Crippen LogP contribution in [0.15, 0.2) is 61.2 Å². The van der Waals surface area contributed by atoms with Gasteiger partial charge >= 0.3 is 0 Å². The molecule has 1 unspecified atom stereocenters. The average Bonchev–Trinajstić information content (AvgIpc) is 3.04. The van der Waals surface area contributed by atoms with E-state index in [2.05, 4.69) is 41.8 Å². The Labute approximate surface area is 130 Å². The Bertz CT molecular complexity index is 738. The van der Waals surface area contributed by atoms with Gasteiger partial charge in [-0.05, 0) is 23.6 Å². The fourth-order valence-electron chi connectivity index (χ4n) is 3.49. The maximum absolute atomic E-state index is 12.4. The Balaban J connectivity index is 1.58. The van der Waals surface area contributed by atoms with E-state index in [1.807, 2.05) is 29.2 Å². The maximum atomic E-state index is 12.4. The van der Waals surface area contributed by atoms with E-state index in [1.165, 1.54) is 5.56 Å². The summed E-state index contributed by atoms with van der Waals surface area (Å²) in [5.41, 5.74) is 4.44. The van der Waals surface area contributed by atoms with Gasteiger partial charge in [-0.25, -0.2) is 0 Å². The van der Waals surface area contributed by atoms with Gasteiger partial charge in [-0.2, -0.15) is 0 Å². The molecule has 0 N–H and O–H groups in total. The molecule has 0 aromatic heterocycles. The van der Waals surface area contributed by atoms with Crippen LogP contribution >= 0.6 is 0 Å². The van der Waals surface area contributed by atoms with E-state index < -0.39 is 0 Å². The number of anilines is 1. The van der Waals surface area contributed by atoms with Crippen LogP contribution in [0.25, 0.3) is 5.57 Å². The summed E-state index contributed by atoms with van der Waals surface area (Å²) >= 11 is 0. The summed E-state index contributed by atoms with van der Waals surface area (Å²) in [7, 11) is 0. The zero-order valence-electron chi connectivity index (χ0n) is 12.4. The number of carbonyl (C=O) groups is 1. The molecule has 1 saturated heterocycles. The van der Waals surface area contributed by atoms with Crippen molar-refractivity contribution in [3.63, 3.8) is 0 Å². The second kappa shape index (κ2) is 5.11. The molecule has 2 aliphatic heterocycles. The van der Waals surface area contributed by atoms with E-state index in [4.69, 9.17) is 0 Å². The van der Waals surface area contributed by atoms with Crippen molar-refractivity contribution in [2.24, 2.45) is 0 Å². The lowest BCUT2D eigenvalue weighted by atomic mass is 10.1. The summed E-state index contributed by atoms with van der Waals surface area (Å²) in [6.07, 6.45) is 0.941. The molecule has 2 aromatic carbocycles. The summed E-state index contributed by atoms with van der Waals surface area (Å²) < 4.78 is 0. The first-order valence-corrected chi connectivity index (χ1v) is 7.64. The zero-order chi connectivity index (χ0) is 15.1. The Morgan fingerprint density at radius 2 is 1.77 bits per heavy atom. The summed E-state index contributed by atoms with van der Waals surface area (Å²) in [6, 6.07) is 18.5. The van der Waals surface area contributed by atoms with Crippen LogP contribution in [0.2, 0.25) is 0 Å². The number of hydrogen-bond donors (Lipinski definition) is 0. The first-order valence-electron chi connectivity index (χ1n) is 7.64. The third-order valence-corrected chi connectivity index (χ3v) is 4.55. The minimum atomic E-state index is -0.00591. The average molecular weight is 290 g/mol. The van der Waals surface area contributed by atoms with Crippen LogP contribution in [-0.4, -0.2) is 30.1 Å². The predicted molar refractivity (Wildman–Crippen MR) is 88.5 cm³/mol. The van der Waals surface area contributed by atoms with E-state index in [9.17, 15) is 4.79 Å². The van der Waals surface area contributed by atoms with Crippen LogP contribution in [-0.2, 0) is 11.2 Å². The normalized spacial score (nSPS) is 20.4. The van der Waals surface area contributed by atoms with Gasteiger partial charge in [0.15, 0.2) is 0 Å². The van der Waals surface area contributed by atoms with Crippen LogP contribution in [0, 0.1) is 0 Å². The minimum absolute atomic E-state index is 0.00591. The van der Waals surface area contributed by atoms with Gasteiger partial charge in [-0.15, -0.1) is 0 Å². The third-order valence-electron chi connectivity index (χ3n) is 4.55. The van der Waals surface area contributed by atoms with Crippen molar-refractivity contribution in [2.45, 2.75) is 12.6 Å². The van der Waals surface area contributed by atoms with E-state index in [0.717, 1.165) is 29.8 Å². The lowest BCUT2D eigenvalue weighted by molar-refractivity contribution is -0.116. The number of para-hydroxylation sites is 1. The van der Waals surface area contributed by atoms with Crippen molar-refractivity contribution < 1.29 is 4.79 Å². The molecule has 110 valence electrons. The highest BCUT2D eigenvalue weighted by atomic mass is 16.2. The van der Waals surface area contributed by atoms with E-state index in [0.29, 0.717) is 6.54 Å². The van der Waals surface area contributed by atoms with Gasteiger partial charge in [0.1, 0.15) is 6.17 Å². The molecule has 3 heteroatoms. The van der Waals surface area contributed by atoms with Crippen LogP contribution in [0.1, 0.15) is 11.1 Å². The van der Waals surface area contributed by atoms with Crippen LogP contribution < -0.4 is 4.90 Å². The van der Waals surface area contributed by atoms with Crippen molar-refractivity contribution in [1.82, 2.24) is 4.90 Å². The summed E-state index contributed by atoms with van der Waals surface area (Å²) in [6.45, 7) is 5.58. The minimum Gasteiger partial charge on any atom is -0.290 e. The molecular formula is C19H18N2O. The molecule has 4 rings (SSSR count). The molecule has 22 heavy (non-hydrogen) atoms. The number of nitrogens with zero attached hydrogens (tertiary/aromatic N) is 2. The molecule has 1 atom stereocenters. The van der Waals surface area contributed by atoms with Gasteiger partial charge in [0, 0.05) is 12.1 Å². The van der Waals surface area contributed by atoms with Gasteiger partial charge in [-0.3, -0.25) is 14.6 Å².